The zero-order valence-corrected chi connectivity index (χ0v) is 19.1. The Kier molecular flexibility index (Phi) is 8.10. The first-order valence-corrected chi connectivity index (χ1v) is 13.0. The second-order valence-corrected chi connectivity index (χ2v) is 11.0. The number of rotatable bonds is 9. The number of nitrogens with zero attached hydrogens (tertiary/aromatic N) is 1. The number of aryl methyl sites for hydroxylation is 1. The molecule has 2 heterocycles. The first-order chi connectivity index (χ1) is 14.9. The molecule has 1 fully saturated rings. The summed E-state index contributed by atoms with van der Waals surface area (Å²) in [6.07, 6.45) is 1.64. The number of hydrogen-bond acceptors (Lipinski definition) is 10. The first kappa shape index (κ1) is 27.7. The lowest BCUT2D eigenvalue weighted by Gasteiger charge is -2.26. The van der Waals surface area contributed by atoms with Gasteiger partial charge in [0.25, 0.3) is 5.56 Å². The molecule has 1 aliphatic rings. The average molecular weight is 538 g/mol. The minimum Gasteiger partial charge on any atom is -0.396 e. The molecule has 1 aliphatic heterocycles. The summed E-state index contributed by atoms with van der Waals surface area (Å²) in [5.41, 5.74) is -4.92. The number of aliphatic hydroxyl groups is 1. The third-order valence-corrected chi connectivity index (χ3v) is 8.09. The molecule has 1 saturated heterocycles. The van der Waals surface area contributed by atoms with Crippen molar-refractivity contribution in [1.82, 2.24) is 9.55 Å². The summed E-state index contributed by atoms with van der Waals surface area (Å²) in [5.74, 6) is 0.0548. The van der Waals surface area contributed by atoms with Gasteiger partial charge in [0.2, 0.25) is 5.67 Å². The highest BCUT2D eigenvalue weighted by Gasteiger charge is 2.58. The Morgan fingerprint density at radius 1 is 1.24 bits per heavy atom. The number of aromatic nitrogens is 2. The molecule has 1 aromatic rings. The molecule has 0 aliphatic carbocycles. The van der Waals surface area contributed by atoms with Crippen LogP contribution in [-0.4, -0.2) is 59.2 Å². The fourth-order valence-corrected chi connectivity index (χ4v) is 6.06. The van der Waals surface area contributed by atoms with Gasteiger partial charge in [0.15, 0.2) is 6.23 Å². The minimum atomic E-state index is -5.81. The monoisotopic (exact) mass is 538 g/mol. The number of aliphatic hydroxyl groups excluding tert-OH is 1. The van der Waals surface area contributed by atoms with E-state index in [-0.39, 0.29) is 5.69 Å². The van der Waals surface area contributed by atoms with Crippen LogP contribution in [0.4, 0.5) is 4.39 Å². The highest BCUT2D eigenvalue weighted by Crippen LogP contribution is 2.66. The molecule has 0 aromatic carbocycles. The molecule has 1 aromatic heterocycles. The molecule has 6 N–H and O–H groups in total. The number of alkyl halides is 1. The van der Waals surface area contributed by atoms with Crippen molar-refractivity contribution in [3.05, 3.63) is 32.6 Å². The van der Waals surface area contributed by atoms with E-state index >= 15 is 4.39 Å². The normalized spacial score (nSPS) is 29.2. The second-order valence-electron chi connectivity index (χ2n) is 6.57. The molecule has 0 saturated carbocycles. The van der Waals surface area contributed by atoms with Crippen molar-refractivity contribution in [2.75, 3.05) is 13.2 Å². The van der Waals surface area contributed by atoms with E-state index in [1.165, 1.54) is 6.92 Å². The molecule has 6 atom stereocenters. The number of ether oxygens (including phenoxy) is 1. The zero-order chi connectivity index (χ0) is 25.4. The molecular weight excluding hydrogens is 520 g/mol. The number of terminal acetylenes is 1. The summed E-state index contributed by atoms with van der Waals surface area (Å²) in [5, 5.41) is 9.62. The van der Waals surface area contributed by atoms with Gasteiger partial charge in [-0.3, -0.25) is 18.9 Å². The van der Waals surface area contributed by atoms with Gasteiger partial charge in [0, 0.05) is 11.8 Å². The van der Waals surface area contributed by atoms with E-state index < -0.39 is 71.8 Å². The van der Waals surface area contributed by atoms with Crippen molar-refractivity contribution in [2.45, 2.75) is 24.9 Å². The molecule has 16 nitrogen and oxygen atoms in total. The second kappa shape index (κ2) is 9.63. The fraction of sp³-hybridized carbons (Fsp3) is 0.538. The Bertz CT molecular complexity index is 1200. The summed E-state index contributed by atoms with van der Waals surface area (Å²) in [7, 11) is -17.0. The van der Waals surface area contributed by atoms with Crippen LogP contribution in [-0.2, 0) is 31.6 Å². The topological polar surface area (TPSA) is 244 Å². The Labute approximate surface area is 183 Å². The van der Waals surface area contributed by atoms with Crippen molar-refractivity contribution in [2.24, 2.45) is 5.92 Å². The van der Waals surface area contributed by atoms with Crippen molar-refractivity contribution < 1.29 is 60.6 Å². The van der Waals surface area contributed by atoms with Crippen LogP contribution >= 0.6 is 23.5 Å². The first-order valence-electron chi connectivity index (χ1n) is 8.48. The third-order valence-electron chi connectivity index (χ3n) is 4.29. The highest BCUT2D eigenvalue weighted by molar-refractivity contribution is 7.66. The Morgan fingerprint density at radius 2 is 1.85 bits per heavy atom. The molecular formula is C13H18FN2O14P3. The van der Waals surface area contributed by atoms with Crippen molar-refractivity contribution in [1.29, 1.82) is 0 Å². The quantitative estimate of drug-likeness (QED) is 0.164. The van der Waals surface area contributed by atoms with Crippen LogP contribution in [0, 0.1) is 25.2 Å². The van der Waals surface area contributed by atoms with Crippen LogP contribution in [0.3, 0.4) is 0 Å². The van der Waals surface area contributed by atoms with E-state index in [9.17, 15) is 33.3 Å². The van der Waals surface area contributed by atoms with Crippen LogP contribution in [0.2, 0.25) is 0 Å². The predicted molar refractivity (Wildman–Crippen MR) is 103 cm³/mol. The standard InChI is InChI=1S/C13H18FN2O14P3/c1-3-13(14)8(5-17)9(28-11(13)16-7(2)4-10(18)15-12(16)19)6-27-32(23,24)30-33(25,26)29-31(20,21)22/h1,4,8-9,11,17H,5-6H2,2H3,(H,23,24)(H,25,26)(H,15,18,19)(H2,20,21,22)/t8?,9-,11-,13?/m1/s1. The Balaban J connectivity index is 2.30. The van der Waals surface area contributed by atoms with Gasteiger partial charge in [-0.2, -0.15) is 8.62 Å². The molecule has 20 heteroatoms. The molecule has 0 amide bonds. The number of phosphoric ester groups is 1. The Morgan fingerprint density at radius 3 is 2.33 bits per heavy atom. The van der Waals surface area contributed by atoms with E-state index in [1.807, 2.05) is 4.98 Å². The van der Waals surface area contributed by atoms with Gasteiger partial charge >= 0.3 is 29.2 Å². The van der Waals surface area contributed by atoms with Crippen molar-refractivity contribution in [3.63, 3.8) is 0 Å². The molecule has 2 rings (SSSR count). The van der Waals surface area contributed by atoms with Gasteiger partial charge in [-0.1, -0.05) is 5.92 Å². The number of H-pyrrole nitrogens is 1. The number of nitrogens with one attached hydrogen (secondary N) is 1. The van der Waals surface area contributed by atoms with E-state index in [2.05, 4.69) is 13.1 Å². The minimum absolute atomic E-state index is 0.0868. The number of aromatic amines is 1. The van der Waals surface area contributed by atoms with Crippen LogP contribution in [0.15, 0.2) is 15.7 Å². The van der Waals surface area contributed by atoms with Gasteiger partial charge in [-0.15, -0.1) is 6.42 Å². The van der Waals surface area contributed by atoms with E-state index in [0.717, 1.165) is 6.07 Å². The zero-order valence-electron chi connectivity index (χ0n) is 16.4. The lowest BCUT2D eigenvalue weighted by atomic mass is 9.87. The van der Waals surface area contributed by atoms with Crippen LogP contribution in [0.1, 0.15) is 11.9 Å². The van der Waals surface area contributed by atoms with Crippen molar-refractivity contribution in [3.8, 4) is 12.3 Å². The third kappa shape index (κ3) is 6.55. The van der Waals surface area contributed by atoms with Gasteiger partial charge < -0.3 is 29.4 Å². The SMILES string of the molecule is C#CC1(F)C(CO)[C@@H](COP(=O)(O)OP(=O)(O)OP(=O)(O)O)O[C@H]1n1c(C)cc(=O)[nH]c1=O. The molecule has 186 valence electrons. The largest absolute Gasteiger partial charge is 0.490 e. The number of phosphoric acid groups is 3. The van der Waals surface area contributed by atoms with Gasteiger partial charge in [-0.25, -0.2) is 22.9 Å². The Hall–Kier alpha value is -1.50. The number of halogens is 1. The van der Waals surface area contributed by atoms with Gasteiger partial charge in [0.1, 0.15) is 0 Å². The summed E-state index contributed by atoms with van der Waals surface area (Å²) in [6, 6.07) is 0.926. The van der Waals surface area contributed by atoms with Gasteiger partial charge in [0.05, 0.1) is 25.2 Å². The lowest BCUT2D eigenvalue weighted by molar-refractivity contribution is -0.0531. The summed E-state index contributed by atoms with van der Waals surface area (Å²) >= 11 is 0. The van der Waals surface area contributed by atoms with Gasteiger partial charge in [-0.05, 0) is 6.92 Å². The summed E-state index contributed by atoms with van der Waals surface area (Å²) in [6.45, 7) is -0.904. The van der Waals surface area contributed by atoms with Crippen LogP contribution < -0.4 is 11.2 Å². The molecule has 4 unspecified atom stereocenters. The molecule has 33 heavy (non-hydrogen) atoms. The van der Waals surface area contributed by atoms with Crippen LogP contribution in [0.25, 0.3) is 0 Å². The maximum atomic E-state index is 15.7. The maximum absolute atomic E-state index is 15.7. The maximum Gasteiger partial charge on any atom is 0.490 e. The lowest BCUT2D eigenvalue weighted by Crippen LogP contribution is -2.44. The molecule has 0 bridgehead atoms. The van der Waals surface area contributed by atoms with E-state index in [4.69, 9.17) is 25.8 Å². The highest BCUT2D eigenvalue weighted by atomic mass is 31.3. The van der Waals surface area contributed by atoms with E-state index in [0.29, 0.717) is 4.57 Å². The van der Waals surface area contributed by atoms with Crippen LogP contribution in [0.5, 0.6) is 0 Å². The average Bonchev–Trinajstić information content (AvgIpc) is 2.88. The smallest absolute Gasteiger partial charge is 0.396 e. The predicted octanol–water partition coefficient (Wildman–Crippen LogP) is -0.964. The summed E-state index contributed by atoms with van der Waals surface area (Å²) < 4.78 is 67.0. The molecule has 0 spiro atoms. The van der Waals surface area contributed by atoms with E-state index in [1.54, 1.807) is 5.92 Å². The molecule has 0 radical (unpaired) electrons. The number of hydrogen-bond donors (Lipinski definition) is 6. The summed E-state index contributed by atoms with van der Waals surface area (Å²) in [4.78, 5) is 61.2. The fourth-order valence-electron chi connectivity index (χ4n) is 3.03. The van der Waals surface area contributed by atoms with Crippen molar-refractivity contribution >= 4 is 23.5 Å².